The molecule has 2 N–H and O–H groups in total. The van der Waals surface area contributed by atoms with Crippen molar-refractivity contribution in [3.8, 4) is 5.75 Å². The van der Waals surface area contributed by atoms with E-state index in [-0.39, 0.29) is 23.5 Å². The largest absolute Gasteiger partial charge is 0.490 e. The van der Waals surface area contributed by atoms with Crippen LogP contribution in [0, 0.1) is 18.7 Å². The van der Waals surface area contributed by atoms with Crippen molar-refractivity contribution in [3.63, 3.8) is 0 Å². The summed E-state index contributed by atoms with van der Waals surface area (Å²) < 4.78 is 23.2. The van der Waals surface area contributed by atoms with Gasteiger partial charge < -0.3 is 15.4 Å². The minimum Gasteiger partial charge on any atom is -0.490 e. The summed E-state index contributed by atoms with van der Waals surface area (Å²) in [6, 6.07) is 3.05. The average Bonchev–Trinajstić information content (AvgIpc) is 3.38. The molecule has 176 valence electrons. The number of hydrogen-bond acceptors (Lipinski definition) is 5. The van der Waals surface area contributed by atoms with E-state index in [9.17, 15) is 4.79 Å². The standard InChI is InChI=1S/C25H32FN5O2/c1-6-17-9-11-30(13-17)25(32)20-19(26)8-7-18(22(20)33-14(2)3)15(4)24-29-16(5)21-23(27)28-10-12-31(21)24/h7-8,10,12,14-15,17H,6,9,11,13H2,1-5H3,(H2,27,28). The van der Waals surface area contributed by atoms with E-state index in [4.69, 9.17) is 15.5 Å². The van der Waals surface area contributed by atoms with Crippen LogP contribution in [0.4, 0.5) is 10.2 Å². The van der Waals surface area contributed by atoms with E-state index in [1.807, 2.05) is 38.3 Å². The van der Waals surface area contributed by atoms with Crippen molar-refractivity contribution < 1.29 is 13.9 Å². The van der Waals surface area contributed by atoms with Gasteiger partial charge in [-0.3, -0.25) is 9.20 Å². The molecule has 0 aliphatic carbocycles. The number of nitrogens with two attached hydrogens (primary N) is 1. The quantitative estimate of drug-likeness (QED) is 0.591. The molecule has 1 saturated heterocycles. The van der Waals surface area contributed by atoms with Gasteiger partial charge in [0.2, 0.25) is 0 Å². The van der Waals surface area contributed by atoms with E-state index in [0.29, 0.717) is 36.1 Å². The molecule has 4 rings (SSSR count). The monoisotopic (exact) mass is 453 g/mol. The summed E-state index contributed by atoms with van der Waals surface area (Å²) in [7, 11) is 0. The lowest BCUT2D eigenvalue weighted by molar-refractivity contribution is 0.0775. The highest BCUT2D eigenvalue weighted by atomic mass is 19.1. The number of nitrogens with zero attached hydrogens (tertiary/aromatic N) is 4. The SMILES string of the molecule is CCC1CCN(C(=O)c2c(F)ccc(C(C)c3nc(C)c4c(N)nccn34)c2OC(C)C)C1. The Hall–Kier alpha value is -3.16. The van der Waals surface area contributed by atoms with Crippen LogP contribution in [0.3, 0.4) is 0 Å². The second-order valence-corrected chi connectivity index (χ2v) is 9.13. The number of aromatic nitrogens is 3. The number of hydrogen-bond donors (Lipinski definition) is 1. The van der Waals surface area contributed by atoms with Crippen LogP contribution in [0.5, 0.6) is 5.75 Å². The summed E-state index contributed by atoms with van der Waals surface area (Å²) in [4.78, 5) is 24.1. The molecule has 1 aromatic carbocycles. The highest BCUT2D eigenvalue weighted by Gasteiger charge is 2.33. The molecule has 2 unspecified atom stereocenters. The fourth-order valence-corrected chi connectivity index (χ4v) is 4.70. The minimum absolute atomic E-state index is 0.00330. The van der Waals surface area contributed by atoms with Gasteiger partial charge in [-0.05, 0) is 39.2 Å². The second-order valence-electron chi connectivity index (χ2n) is 9.13. The molecule has 0 saturated carbocycles. The van der Waals surface area contributed by atoms with Crippen LogP contribution < -0.4 is 10.5 Å². The van der Waals surface area contributed by atoms with Crippen molar-refractivity contribution in [1.82, 2.24) is 19.3 Å². The van der Waals surface area contributed by atoms with Crippen LogP contribution in [0.1, 0.15) is 73.9 Å². The maximum Gasteiger partial charge on any atom is 0.260 e. The van der Waals surface area contributed by atoms with Crippen LogP contribution in [0.25, 0.3) is 5.52 Å². The van der Waals surface area contributed by atoms with Gasteiger partial charge in [0.15, 0.2) is 0 Å². The number of benzene rings is 1. The Kier molecular flexibility index (Phi) is 6.28. The Labute approximate surface area is 193 Å². The van der Waals surface area contributed by atoms with Gasteiger partial charge in [-0.15, -0.1) is 0 Å². The van der Waals surface area contributed by atoms with E-state index in [0.717, 1.165) is 29.9 Å². The predicted octanol–water partition coefficient (Wildman–Crippen LogP) is 4.57. The van der Waals surface area contributed by atoms with Crippen molar-refractivity contribution in [2.24, 2.45) is 5.92 Å². The molecule has 3 heterocycles. The van der Waals surface area contributed by atoms with Crippen LogP contribution >= 0.6 is 0 Å². The Morgan fingerprint density at radius 2 is 2.09 bits per heavy atom. The fourth-order valence-electron chi connectivity index (χ4n) is 4.70. The number of carbonyl (C=O) groups is 1. The number of aryl methyl sites for hydroxylation is 1. The number of halogens is 1. The second kappa shape index (κ2) is 9.00. The first-order chi connectivity index (χ1) is 15.7. The van der Waals surface area contributed by atoms with E-state index in [1.165, 1.54) is 6.07 Å². The number of imidazole rings is 1. The maximum atomic E-state index is 15.2. The molecule has 1 amide bonds. The summed E-state index contributed by atoms with van der Waals surface area (Å²) >= 11 is 0. The normalized spacial score (nSPS) is 17.2. The first kappa shape index (κ1) is 23.0. The molecular weight excluding hydrogens is 421 g/mol. The average molecular weight is 454 g/mol. The number of rotatable bonds is 6. The van der Waals surface area contributed by atoms with Crippen molar-refractivity contribution in [1.29, 1.82) is 0 Å². The Morgan fingerprint density at radius 3 is 2.76 bits per heavy atom. The van der Waals surface area contributed by atoms with Gasteiger partial charge >= 0.3 is 0 Å². The van der Waals surface area contributed by atoms with E-state index >= 15 is 4.39 Å². The highest BCUT2D eigenvalue weighted by molar-refractivity contribution is 5.98. The zero-order chi connectivity index (χ0) is 23.9. The van der Waals surface area contributed by atoms with Gasteiger partial charge in [-0.2, -0.15) is 0 Å². The summed E-state index contributed by atoms with van der Waals surface area (Å²) in [5, 5.41) is 0. The third-order valence-electron chi connectivity index (χ3n) is 6.49. The molecule has 1 aliphatic rings. The number of nitrogen functional groups attached to an aromatic ring is 1. The molecule has 1 aliphatic heterocycles. The molecule has 33 heavy (non-hydrogen) atoms. The van der Waals surface area contributed by atoms with Crippen LogP contribution in [-0.4, -0.2) is 44.4 Å². The highest BCUT2D eigenvalue weighted by Crippen LogP contribution is 2.38. The number of likely N-dealkylation sites (tertiary alicyclic amines) is 1. The Bertz CT molecular complexity index is 1190. The van der Waals surface area contributed by atoms with E-state index in [1.54, 1.807) is 17.2 Å². The molecule has 0 spiro atoms. The van der Waals surface area contributed by atoms with E-state index < -0.39 is 5.82 Å². The molecule has 0 bridgehead atoms. The van der Waals surface area contributed by atoms with Gasteiger partial charge in [-0.1, -0.05) is 26.3 Å². The minimum atomic E-state index is -0.566. The fraction of sp³-hybridized carbons (Fsp3) is 0.480. The lowest BCUT2D eigenvalue weighted by Crippen LogP contribution is -2.30. The number of amides is 1. The molecule has 2 aromatic heterocycles. The smallest absolute Gasteiger partial charge is 0.260 e. The summed E-state index contributed by atoms with van der Waals surface area (Å²) in [5.74, 6) is 0.702. The summed E-state index contributed by atoms with van der Waals surface area (Å²) in [5.41, 5.74) is 8.30. The zero-order valence-corrected chi connectivity index (χ0v) is 19.9. The van der Waals surface area contributed by atoms with Crippen molar-refractivity contribution in [3.05, 3.63) is 53.0 Å². The third-order valence-corrected chi connectivity index (χ3v) is 6.49. The molecule has 3 aromatic rings. The van der Waals surface area contributed by atoms with Crippen molar-refractivity contribution in [2.75, 3.05) is 18.8 Å². The first-order valence-corrected chi connectivity index (χ1v) is 11.6. The zero-order valence-electron chi connectivity index (χ0n) is 19.9. The topological polar surface area (TPSA) is 85.8 Å². The van der Waals surface area contributed by atoms with Gasteiger partial charge in [0.05, 0.1) is 11.8 Å². The number of anilines is 1. The third kappa shape index (κ3) is 4.14. The Balaban J connectivity index is 1.83. The van der Waals surface area contributed by atoms with Gasteiger partial charge in [0.1, 0.15) is 34.3 Å². The molecular formula is C25H32FN5O2. The number of fused-ring (bicyclic) bond motifs is 1. The van der Waals surface area contributed by atoms with Crippen LogP contribution in [0.2, 0.25) is 0 Å². The van der Waals surface area contributed by atoms with Crippen molar-refractivity contribution in [2.45, 2.75) is 59.5 Å². The molecule has 7 nitrogen and oxygen atoms in total. The molecule has 1 fully saturated rings. The molecule has 2 atom stereocenters. The van der Waals surface area contributed by atoms with Crippen molar-refractivity contribution >= 4 is 17.2 Å². The number of ether oxygens (including phenoxy) is 1. The van der Waals surface area contributed by atoms with Gasteiger partial charge in [0.25, 0.3) is 5.91 Å². The van der Waals surface area contributed by atoms with Gasteiger partial charge in [-0.25, -0.2) is 14.4 Å². The first-order valence-electron chi connectivity index (χ1n) is 11.6. The summed E-state index contributed by atoms with van der Waals surface area (Å²) in [6.45, 7) is 11.0. The summed E-state index contributed by atoms with van der Waals surface area (Å²) in [6.07, 6.45) is 5.15. The number of carbonyl (C=O) groups excluding carboxylic acids is 1. The maximum absolute atomic E-state index is 15.2. The van der Waals surface area contributed by atoms with Crippen LogP contribution in [-0.2, 0) is 0 Å². The van der Waals surface area contributed by atoms with Crippen LogP contribution in [0.15, 0.2) is 24.5 Å². The molecule has 0 radical (unpaired) electrons. The lowest BCUT2D eigenvalue weighted by atomic mass is 9.95. The van der Waals surface area contributed by atoms with E-state index in [2.05, 4.69) is 11.9 Å². The lowest BCUT2D eigenvalue weighted by Gasteiger charge is -2.24. The van der Waals surface area contributed by atoms with Gasteiger partial charge in [0, 0.05) is 37.0 Å². The molecule has 8 heteroatoms. The predicted molar refractivity (Wildman–Crippen MR) is 126 cm³/mol. The Morgan fingerprint density at radius 1 is 1.33 bits per heavy atom.